The van der Waals surface area contributed by atoms with Crippen LogP contribution in [0, 0.1) is 0 Å². The van der Waals surface area contributed by atoms with Crippen molar-refractivity contribution in [2.45, 2.75) is 12.8 Å². The zero-order chi connectivity index (χ0) is 26.5. The Morgan fingerprint density at radius 1 is 0.694 bits per heavy atom. The monoisotopic (exact) mass is 492 g/mol. The molecule has 0 atom stereocenters. The van der Waals surface area contributed by atoms with Crippen molar-refractivity contribution in [1.82, 2.24) is 19.8 Å². The Morgan fingerprint density at radius 3 is 1.39 bits per heavy atom. The number of aromatic amines is 2. The Bertz CT molecular complexity index is 1170. The zero-order valence-corrected chi connectivity index (χ0v) is 21.4. The van der Waals surface area contributed by atoms with Gasteiger partial charge in [0.1, 0.15) is 0 Å². The molecule has 0 saturated carbocycles. The fourth-order valence-electron chi connectivity index (χ4n) is 3.51. The average molecular weight is 493 g/mol. The minimum absolute atomic E-state index is 0.558. The third-order valence-corrected chi connectivity index (χ3v) is 5.38. The SMILES string of the molecule is CN(C)CCc1c[nH]c2ccccc12.CN(C)CCc1c[nH]c2ccccc12.O=C(O)C=CC(=O)O. The molecule has 0 aliphatic rings. The third kappa shape index (κ3) is 9.77. The summed E-state index contributed by atoms with van der Waals surface area (Å²) in [6.45, 7) is 2.20. The van der Waals surface area contributed by atoms with E-state index in [-0.39, 0.29) is 0 Å². The predicted octanol–water partition coefficient (Wildman–Crippen LogP) is 4.26. The van der Waals surface area contributed by atoms with Crippen LogP contribution in [0.3, 0.4) is 0 Å². The summed E-state index contributed by atoms with van der Waals surface area (Å²) in [4.78, 5) is 30.1. The van der Waals surface area contributed by atoms with Crippen LogP contribution in [0.4, 0.5) is 0 Å². The van der Waals surface area contributed by atoms with Crippen LogP contribution in [0.15, 0.2) is 73.1 Å². The van der Waals surface area contributed by atoms with E-state index in [0.717, 1.165) is 25.9 Å². The van der Waals surface area contributed by atoms with E-state index in [2.05, 4.69) is 109 Å². The molecular formula is C28H36N4O4. The first-order valence-electron chi connectivity index (χ1n) is 11.7. The molecule has 0 saturated heterocycles. The highest BCUT2D eigenvalue weighted by Gasteiger charge is 2.03. The summed E-state index contributed by atoms with van der Waals surface area (Å²) in [6.07, 6.45) is 7.57. The van der Waals surface area contributed by atoms with Crippen LogP contribution in [-0.2, 0) is 22.4 Å². The molecule has 0 aliphatic carbocycles. The summed E-state index contributed by atoms with van der Waals surface area (Å²) >= 11 is 0. The van der Waals surface area contributed by atoms with E-state index < -0.39 is 11.9 Å². The number of hydrogen-bond donors (Lipinski definition) is 4. The van der Waals surface area contributed by atoms with Gasteiger partial charge in [0, 0.05) is 59.4 Å². The zero-order valence-electron chi connectivity index (χ0n) is 21.4. The van der Waals surface area contributed by atoms with E-state index in [1.165, 1.54) is 32.9 Å². The molecule has 36 heavy (non-hydrogen) atoms. The average Bonchev–Trinajstić information content (AvgIpc) is 3.45. The van der Waals surface area contributed by atoms with Crippen LogP contribution in [-0.4, -0.2) is 83.2 Å². The topological polar surface area (TPSA) is 113 Å². The molecule has 0 unspecified atom stereocenters. The van der Waals surface area contributed by atoms with Crippen molar-refractivity contribution in [3.05, 3.63) is 84.2 Å². The quantitative estimate of drug-likeness (QED) is 0.274. The van der Waals surface area contributed by atoms with Crippen LogP contribution in [0.5, 0.6) is 0 Å². The number of hydrogen-bond acceptors (Lipinski definition) is 4. The highest BCUT2D eigenvalue weighted by molar-refractivity contribution is 5.89. The lowest BCUT2D eigenvalue weighted by molar-refractivity contribution is -0.134. The molecule has 0 aliphatic heterocycles. The van der Waals surface area contributed by atoms with Gasteiger partial charge >= 0.3 is 11.9 Å². The number of fused-ring (bicyclic) bond motifs is 2. The molecule has 2 heterocycles. The number of aromatic nitrogens is 2. The minimum Gasteiger partial charge on any atom is -0.478 e. The van der Waals surface area contributed by atoms with Crippen LogP contribution in [0.2, 0.25) is 0 Å². The van der Waals surface area contributed by atoms with Crippen LogP contribution < -0.4 is 0 Å². The van der Waals surface area contributed by atoms with Gasteiger partial charge in [-0.3, -0.25) is 0 Å². The van der Waals surface area contributed by atoms with Crippen molar-refractivity contribution in [2.24, 2.45) is 0 Å². The first-order chi connectivity index (χ1) is 17.2. The molecule has 192 valence electrons. The molecule has 4 N–H and O–H groups in total. The first kappa shape index (κ1) is 28.4. The molecule has 0 amide bonds. The molecule has 2 aromatic heterocycles. The van der Waals surface area contributed by atoms with Gasteiger partial charge in [-0.1, -0.05) is 36.4 Å². The molecule has 2 aromatic carbocycles. The second-order valence-corrected chi connectivity index (χ2v) is 8.84. The van der Waals surface area contributed by atoms with Gasteiger partial charge in [-0.15, -0.1) is 0 Å². The van der Waals surface area contributed by atoms with E-state index in [4.69, 9.17) is 10.2 Å². The third-order valence-electron chi connectivity index (χ3n) is 5.38. The summed E-state index contributed by atoms with van der Waals surface area (Å²) in [5.41, 5.74) is 5.30. The van der Waals surface area contributed by atoms with Crippen LogP contribution in [0.1, 0.15) is 11.1 Å². The number of H-pyrrole nitrogens is 2. The molecule has 4 rings (SSSR count). The number of carboxylic acids is 2. The minimum atomic E-state index is -1.26. The Balaban J connectivity index is 0.000000199. The molecule has 8 nitrogen and oxygen atoms in total. The van der Waals surface area contributed by atoms with Crippen LogP contribution >= 0.6 is 0 Å². The number of carboxylic acid groups (broad SMARTS) is 2. The Morgan fingerprint density at radius 2 is 1.06 bits per heavy atom. The van der Waals surface area contributed by atoms with E-state index >= 15 is 0 Å². The Labute approximate surface area is 211 Å². The second-order valence-electron chi connectivity index (χ2n) is 8.84. The highest BCUT2D eigenvalue weighted by Crippen LogP contribution is 2.18. The van der Waals surface area contributed by atoms with Crippen molar-refractivity contribution in [2.75, 3.05) is 41.3 Å². The van der Waals surface area contributed by atoms with Crippen LogP contribution in [0.25, 0.3) is 21.8 Å². The van der Waals surface area contributed by atoms with Crippen molar-refractivity contribution < 1.29 is 19.8 Å². The number of aliphatic carboxylic acids is 2. The van der Waals surface area contributed by atoms with Gasteiger partial charge in [0.05, 0.1) is 0 Å². The molecule has 4 aromatic rings. The van der Waals surface area contributed by atoms with E-state index in [1.807, 2.05) is 0 Å². The van der Waals surface area contributed by atoms with Crippen molar-refractivity contribution in [3.8, 4) is 0 Å². The van der Waals surface area contributed by atoms with Crippen molar-refractivity contribution >= 4 is 33.7 Å². The lowest BCUT2D eigenvalue weighted by Gasteiger charge is -2.07. The molecule has 0 bridgehead atoms. The summed E-state index contributed by atoms with van der Waals surface area (Å²) in [5.74, 6) is -2.51. The maximum absolute atomic E-state index is 9.55. The van der Waals surface area contributed by atoms with E-state index in [0.29, 0.717) is 12.2 Å². The molecule has 8 heteroatoms. The maximum Gasteiger partial charge on any atom is 0.328 e. The van der Waals surface area contributed by atoms with Gasteiger partial charge in [-0.2, -0.15) is 0 Å². The summed E-state index contributed by atoms with van der Waals surface area (Å²) < 4.78 is 0. The largest absolute Gasteiger partial charge is 0.478 e. The fraction of sp³-hybridized carbons (Fsp3) is 0.286. The van der Waals surface area contributed by atoms with Gasteiger partial charge in [0.25, 0.3) is 0 Å². The summed E-state index contributed by atoms with van der Waals surface area (Å²) in [5, 5.41) is 18.3. The standard InChI is InChI=1S/2C12H16N2.C4H4O4/c2*1-14(2)8-7-10-9-13-12-6-4-3-5-11(10)12;5-3(6)1-2-4(7)8/h2*3-6,9,13H,7-8H2,1-2H3;1-2H,(H,5,6)(H,7,8). The number of nitrogens with zero attached hydrogens (tertiary/aromatic N) is 2. The lowest BCUT2D eigenvalue weighted by atomic mass is 10.1. The van der Waals surface area contributed by atoms with E-state index in [9.17, 15) is 9.59 Å². The second kappa shape index (κ2) is 14.5. The van der Waals surface area contributed by atoms with E-state index in [1.54, 1.807) is 0 Å². The number of rotatable bonds is 8. The number of nitrogens with one attached hydrogen (secondary N) is 2. The van der Waals surface area contributed by atoms with Gasteiger partial charge in [-0.05, 0) is 64.3 Å². The Kier molecular flexibility index (Phi) is 11.4. The maximum atomic E-state index is 9.55. The normalized spacial score (nSPS) is 10.9. The van der Waals surface area contributed by atoms with Crippen molar-refractivity contribution in [3.63, 3.8) is 0 Å². The number of benzene rings is 2. The molecule has 0 fully saturated rings. The van der Waals surface area contributed by atoms with Gasteiger partial charge < -0.3 is 30.0 Å². The highest BCUT2D eigenvalue weighted by atomic mass is 16.4. The summed E-state index contributed by atoms with van der Waals surface area (Å²) in [6, 6.07) is 16.9. The van der Waals surface area contributed by atoms with Gasteiger partial charge in [-0.25, -0.2) is 9.59 Å². The Hall–Kier alpha value is -3.88. The number of carbonyl (C=O) groups is 2. The lowest BCUT2D eigenvalue weighted by Crippen LogP contribution is -2.14. The first-order valence-corrected chi connectivity index (χ1v) is 11.7. The predicted molar refractivity (Wildman–Crippen MR) is 146 cm³/mol. The molecular weight excluding hydrogens is 456 g/mol. The molecule has 0 radical (unpaired) electrons. The van der Waals surface area contributed by atoms with Gasteiger partial charge in [0.2, 0.25) is 0 Å². The fourth-order valence-corrected chi connectivity index (χ4v) is 3.51. The number of para-hydroxylation sites is 2. The molecule has 0 spiro atoms. The van der Waals surface area contributed by atoms with Crippen molar-refractivity contribution in [1.29, 1.82) is 0 Å². The van der Waals surface area contributed by atoms with Gasteiger partial charge in [0.15, 0.2) is 0 Å². The number of likely N-dealkylation sites (N-methyl/N-ethyl adjacent to an activating group) is 2. The summed E-state index contributed by atoms with van der Waals surface area (Å²) in [7, 11) is 8.42. The smallest absolute Gasteiger partial charge is 0.328 e.